The van der Waals surface area contributed by atoms with E-state index in [9.17, 15) is 18.0 Å². The molecule has 0 aliphatic carbocycles. The van der Waals surface area contributed by atoms with Gasteiger partial charge in [-0.25, -0.2) is 0 Å². The van der Waals surface area contributed by atoms with E-state index >= 15 is 0 Å². The Morgan fingerprint density at radius 2 is 2.17 bits per heavy atom. The van der Waals surface area contributed by atoms with E-state index < -0.39 is 18.5 Å². The van der Waals surface area contributed by atoms with E-state index in [1.54, 1.807) is 0 Å². The molecule has 1 heterocycles. The summed E-state index contributed by atoms with van der Waals surface area (Å²) in [4.78, 5) is 16.8. The third kappa shape index (κ3) is 4.33. The van der Waals surface area contributed by atoms with Crippen molar-refractivity contribution in [1.82, 2.24) is 9.88 Å². The maximum atomic E-state index is 12.0. The molecule has 0 spiro atoms. The Hall–Kier alpha value is -1.63. The van der Waals surface area contributed by atoms with Crippen molar-refractivity contribution in [2.45, 2.75) is 19.1 Å². The number of hydrogen-bond donors (Lipinski definition) is 1. The van der Waals surface area contributed by atoms with Crippen LogP contribution in [-0.4, -0.2) is 35.6 Å². The first-order chi connectivity index (χ1) is 8.33. The molecule has 0 radical (unpaired) electrons. The molecule has 18 heavy (non-hydrogen) atoms. The summed E-state index contributed by atoms with van der Waals surface area (Å²) in [5.41, 5.74) is 6.18. The van der Waals surface area contributed by atoms with Crippen LogP contribution in [0.2, 0.25) is 0 Å². The van der Waals surface area contributed by atoms with Crippen LogP contribution in [0.5, 0.6) is 0 Å². The molecule has 0 aliphatic rings. The smallest absolute Gasteiger partial charge is 0.341 e. The van der Waals surface area contributed by atoms with Gasteiger partial charge in [0.2, 0.25) is 0 Å². The second-order valence-electron chi connectivity index (χ2n) is 3.83. The number of carbonyl (C=O) groups is 1. The molecule has 7 heteroatoms. The lowest BCUT2D eigenvalue weighted by atomic mass is 10.2. The van der Waals surface area contributed by atoms with Crippen molar-refractivity contribution >= 4 is 5.91 Å². The average Bonchev–Trinajstić information content (AvgIpc) is 2.34. The minimum absolute atomic E-state index is 0.174. The zero-order valence-electron chi connectivity index (χ0n) is 9.87. The van der Waals surface area contributed by atoms with Gasteiger partial charge in [0.1, 0.15) is 0 Å². The lowest BCUT2D eigenvalue weighted by Gasteiger charge is -2.18. The maximum Gasteiger partial charge on any atom is 0.390 e. The van der Waals surface area contributed by atoms with Gasteiger partial charge in [-0.2, -0.15) is 13.2 Å². The standard InChI is InChI=1S/C11H14F3N3O/c1-17(5-3-11(12,13)14)10(18)8-2-4-16-9(6-8)7-15/h2,4,6H,3,5,7,15H2,1H3. The van der Waals surface area contributed by atoms with Crippen LogP contribution < -0.4 is 5.73 Å². The van der Waals surface area contributed by atoms with Gasteiger partial charge < -0.3 is 10.6 Å². The molecule has 100 valence electrons. The zero-order valence-corrected chi connectivity index (χ0v) is 9.87. The Morgan fingerprint density at radius 3 is 2.72 bits per heavy atom. The van der Waals surface area contributed by atoms with Crippen molar-refractivity contribution in [3.63, 3.8) is 0 Å². The summed E-state index contributed by atoms with van der Waals surface area (Å²) >= 11 is 0. The van der Waals surface area contributed by atoms with E-state index in [2.05, 4.69) is 4.98 Å². The third-order valence-corrected chi connectivity index (χ3v) is 2.35. The SMILES string of the molecule is CN(CCC(F)(F)F)C(=O)c1ccnc(CN)c1. The van der Waals surface area contributed by atoms with Gasteiger partial charge in [-0.1, -0.05) is 0 Å². The number of rotatable bonds is 4. The Bertz CT molecular complexity index is 420. The van der Waals surface area contributed by atoms with Gasteiger partial charge >= 0.3 is 6.18 Å². The first-order valence-corrected chi connectivity index (χ1v) is 5.30. The molecule has 2 N–H and O–H groups in total. The maximum absolute atomic E-state index is 12.0. The van der Waals surface area contributed by atoms with Crippen molar-refractivity contribution in [2.24, 2.45) is 5.73 Å². The molecule has 0 aliphatic heterocycles. The molecule has 0 saturated heterocycles. The summed E-state index contributed by atoms with van der Waals surface area (Å²) in [6.45, 7) is -0.198. The average molecular weight is 261 g/mol. The Balaban J connectivity index is 2.68. The molecule has 1 amide bonds. The van der Waals surface area contributed by atoms with E-state index in [0.717, 1.165) is 4.90 Å². The van der Waals surface area contributed by atoms with Gasteiger partial charge in [0.05, 0.1) is 12.1 Å². The molecule has 4 nitrogen and oxygen atoms in total. The van der Waals surface area contributed by atoms with E-state index in [1.807, 2.05) is 0 Å². The summed E-state index contributed by atoms with van der Waals surface area (Å²) in [5, 5.41) is 0. The van der Waals surface area contributed by atoms with E-state index in [-0.39, 0.29) is 18.7 Å². The molecule has 0 bridgehead atoms. The minimum Gasteiger partial charge on any atom is -0.341 e. The van der Waals surface area contributed by atoms with Crippen LogP contribution in [0, 0.1) is 0 Å². The van der Waals surface area contributed by atoms with Crippen molar-refractivity contribution < 1.29 is 18.0 Å². The lowest BCUT2D eigenvalue weighted by molar-refractivity contribution is -0.136. The fourth-order valence-electron chi connectivity index (χ4n) is 1.34. The number of carbonyl (C=O) groups excluding carboxylic acids is 1. The highest BCUT2D eigenvalue weighted by molar-refractivity contribution is 5.94. The molecule has 1 aromatic rings. The topological polar surface area (TPSA) is 59.2 Å². The number of hydrogen-bond acceptors (Lipinski definition) is 3. The number of nitrogens with two attached hydrogens (primary N) is 1. The fourth-order valence-corrected chi connectivity index (χ4v) is 1.34. The zero-order chi connectivity index (χ0) is 13.8. The molecule has 0 unspecified atom stereocenters. The van der Waals surface area contributed by atoms with Crippen LogP contribution in [0.4, 0.5) is 13.2 Å². The molecule has 0 atom stereocenters. The van der Waals surface area contributed by atoms with E-state index in [4.69, 9.17) is 5.73 Å². The molecular formula is C11H14F3N3O. The number of pyridine rings is 1. The number of aromatic nitrogens is 1. The second-order valence-corrected chi connectivity index (χ2v) is 3.83. The van der Waals surface area contributed by atoms with Gasteiger partial charge in [-0.3, -0.25) is 9.78 Å². The van der Waals surface area contributed by atoms with Crippen LogP contribution in [0.25, 0.3) is 0 Å². The summed E-state index contributed by atoms with van der Waals surface area (Å²) in [6, 6.07) is 2.93. The molecule has 1 aromatic heterocycles. The Morgan fingerprint density at radius 1 is 1.50 bits per heavy atom. The van der Waals surface area contributed by atoms with E-state index in [0.29, 0.717) is 5.69 Å². The number of nitrogens with zero attached hydrogens (tertiary/aromatic N) is 2. The fraction of sp³-hybridized carbons (Fsp3) is 0.455. The predicted octanol–water partition coefficient (Wildman–Crippen LogP) is 1.56. The highest BCUT2D eigenvalue weighted by Gasteiger charge is 2.28. The van der Waals surface area contributed by atoms with Crippen LogP contribution in [-0.2, 0) is 6.54 Å². The molecular weight excluding hydrogens is 247 g/mol. The molecule has 0 aromatic carbocycles. The summed E-state index contributed by atoms with van der Waals surface area (Å²) in [6.07, 6.45) is -3.88. The first-order valence-electron chi connectivity index (χ1n) is 5.30. The molecule has 1 rings (SSSR count). The Kier molecular flexibility index (Phi) is 4.66. The largest absolute Gasteiger partial charge is 0.390 e. The van der Waals surface area contributed by atoms with Crippen LogP contribution >= 0.6 is 0 Å². The first kappa shape index (κ1) is 14.4. The van der Waals surface area contributed by atoms with E-state index in [1.165, 1.54) is 25.4 Å². The highest BCUT2D eigenvalue weighted by Crippen LogP contribution is 2.19. The predicted molar refractivity (Wildman–Crippen MR) is 59.8 cm³/mol. The molecule has 0 fully saturated rings. The normalized spacial score (nSPS) is 11.4. The third-order valence-electron chi connectivity index (χ3n) is 2.35. The molecule has 0 saturated carbocycles. The monoisotopic (exact) mass is 261 g/mol. The van der Waals surface area contributed by atoms with Crippen molar-refractivity contribution in [3.05, 3.63) is 29.6 Å². The number of amides is 1. The number of alkyl halides is 3. The summed E-state index contributed by atoms with van der Waals surface area (Å²) in [7, 11) is 1.33. The van der Waals surface area contributed by atoms with Crippen molar-refractivity contribution in [1.29, 1.82) is 0 Å². The Labute approximate surface area is 103 Å². The highest BCUT2D eigenvalue weighted by atomic mass is 19.4. The second kappa shape index (κ2) is 5.81. The summed E-state index contributed by atoms with van der Waals surface area (Å²) < 4.78 is 36.1. The van der Waals surface area contributed by atoms with Crippen LogP contribution in [0.3, 0.4) is 0 Å². The minimum atomic E-state index is -4.27. The quantitative estimate of drug-likeness (QED) is 0.894. The number of halogens is 3. The summed E-state index contributed by atoms with van der Waals surface area (Å²) in [5.74, 6) is -0.476. The van der Waals surface area contributed by atoms with Gasteiger partial charge in [-0.05, 0) is 12.1 Å². The van der Waals surface area contributed by atoms with Gasteiger partial charge in [-0.15, -0.1) is 0 Å². The van der Waals surface area contributed by atoms with Crippen molar-refractivity contribution in [2.75, 3.05) is 13.6 Å². The van der Waals surface area contributed by atoms with Gasteiger partial charge in [0, 0.05) is 31.9 Å². The van der Waals surface area contributed by atoms with Gasteiger partial charge in [0.25, 0.3) is 5.91 Å². The van der Waals surface area contributed by atoms with Gasteiger partial charge in [0.15, 0.2) is 0 Å². The van der Waals surface area contributed by atoms with Crippen LogP contribution in [0.15, 0.2) is 18.3 Å². The lowest BCUT2D eigenvalue weighted by Crippen LogP contribution is -2.30. The van der Waals surface area contributed by atoms with Crippen molar-refractivity contribution in [3.8, 4) is 0 Å². The van der Waals surface area contributed by atoms with Crippen LogP contribution in [0.1, 0.15) is 22.5 Å².